The summed E-state index contributed by atoms with van der Waals surface area (Å²) in [4.78, 5) is 29.1. The number of nitrogens with zero attached hydrogens (tertiary/aromatic N) is 2. The summed E-state index contributed by atoms with van der Waals surface area (Å²) in [5.41, 5.74) is 4.63. The Morgan fingerprint density at radius 2 is 1.81 bits per heavy atom. The Balaban J connectivity index is 1.77. The Bertz CT molecular complexity index is 973. The number of anilines is 1. The van der Waals surface area contributed by atoms with E-state index in [0.717, 1.165) is 11.3 Å². The molecular formula is C21H21N3O2. The quantitative estimate of drug-likeness (QED) is 0.566. The molecule has 0 spiro atoms. The van der Waals surface area contributed by atoms with E-state index < -0.39 is 11.7 Å². The summed E-state index contributed by atoms with van der Waals surface area (Å²) in [5, 5.41) is 2.57. The van der Waals surface area contributed by atoms with E-state index in [4.69, 9.17) is 0 Å². The fraction of sp³-hybridized carbons (Fsp3) is 0.190. The van der Waals surface area contributed by atoms with Gasteiger partial charge in [-0.25, -0.2) is 4.98 Å². The number of amides is 1. The highest BCUT2D eigenvalue weighted by Gasteiger charge is 2.20. The molecule has 26 heavy (non-hydrogen) atoms. The molecule has 0 fully saturated rings. The van der Waals surface area contributed by atoms with Gasteiger partial charge in [0.25, 0.3) is 11.7 Å². The molecule has 1 amide bonds. The van der Waals surface area contributed by atoms with Crippen molar-refractivity contribution in [3.05, 3.63) is 82.8 Å². The van der Waals surface area contributed by atoms with Gasteiger partial charge in [0.05, 0.1) is 5.69 Å². The molecule has 0 aliphatic carbocycles. The number of ketones is 1. The van der Waals surface area contributed by atoms with Crippen molar-refractivity contribution >= 4 is 17.5 Å². The molecule has 3 rings (SSSR count). The van der Waals surface area contributed by atoms with Crippen LogP contribution in [-0.4, -0.2) is 21.2 Å². The third-order valence-electron chi connectivity index (χ3n) is 4.32. The lowest BCUT2D eigenvalue weighted by Gasteiger charge is -2.10. The van der Waals surface area contributed by atoms with Gasteiger partial charge in [-0.15, -0.1) is 0 Å². The fourth-order valence-corrected chi connectivity index (χ4v) is 2.76. The third kappa shape index (κ3) is 3.88. The van der Waals surface area contributed by atoms with Crippen LogP contribution in [0.15, 0.2) is 54.7 Å². The van der Waals surface area contributed by atoms with Crippen LogP contribution in [-0.2, 0) is 11.3 Å². The van der Waals surface area contributed by atoms with Crippen LogP contribution in [0.2, 0.25) is 0 Å². The summed E-state index contributed by atoms with van der Waals surface area (Å²) in [6, 6.07) is 14.9. The summed E-state index contributed by atoms with van der Waals surface area (Å²) >= 11 is 0. The van der Waals surface area contributed by atoms with E-state index >= 15 is 0 Å². The van der Waals surface area contributed by atoms with Gasteiger partial charge in [-0.1, -0.05) is 24.3 Å². The van der Waals surface area contributed by atoms with Crippen molar-refractivity contribution < 1.29 is 9.59 Å². The summed E-state index contributed by atoms with van der Waals surface area (Å²) in [6.45, 7) is 6.48. The zero-order valence-electron chi connectivity index (χ0n) is 15.1. The number of aryl methyl sites for hydroxylation is 3. The summed E-state index contributed by atoms with van der Waals surface area (Å²) in [5.74, 6) is -0.902. The molecule has 3 aromatic rings. The Morgan fingerprint density at radius 1 is 1.00 bits per heavy atom. The maximum atomic E-state index is 12.6. The van der Waals surface area contributed by atoms with Gasteiger partial charge >= 0.3 is 0 Å². The number of pyridine rings is 1. The van der Waals surface area contributed by atoms with Crippen molar-refractivity contribution in [2.24, 2.45) is 0 Å². The number of Topliss-reactive ketones (excluding diaryl/α,β-unsaturated/α-hetero) is 1. The largest absolute Gasteiger partial charge is 0.340 e. The van der Waals surface area contributed by atoms with Crippen molar-refractivity contribution in [1.82, 2.24) is 9.55 Å². The maximum absolute atomic E-state index is 12.6. The number of aromatic nitrogens is 2. The number of carbonyl (C=O) groups excluding carboxylic acids is 2. The van der Waals surface area contributed by atoms with Crippen LogP contribution in [0.5, 0.6) is 0 Å². The molecule has 1 N–H and O–H groups in total. The van der Waals surface area contributed by atoms with Crippen LogP contribution in [0.3, 0.4) is 0 Å². The van der Waals surface area contributed by atoms with Crippen LogP contribution >= 0.6 is 0 Å². The second-order valence-corrected chi connectivity index (χ2v) is 6.39. The van der Waals surface area contributed by atoms with Gasteiger partial charge in [-0.05, 0) is 61.7 Å². The number of hydrogen-bond acceptors (Lipinski definition) is 3. The van der Waals surface area contributed by atoms with Crippen molar-refractivity contribution in [2.45, 2.75) is 27.3 Å². The topological polar surface area (TPSA) is 64.0 Å². The number of rotatable bonds is 5. The van der Waals surface area contributed by atoms with Crippen molar-refractivity contribution in [3.63, 3.8) is 0 Å². The standard InChI is InChI=1S/C21H21N3O2/c1-14-9-10-17(12-15(14)2)13-24-11-5-7-18(24)20(25)21(26)23-19-8-4-6-16(3)22-19/h4-12H,13H2,1-3H3,(H,22,23,26). The Morgan fingerprint density at radius 3 is 2.54 bits per heavy atom. The smallest absolute Gasteiger partial charge is 0.299 e. The van der Waals surface area contributed by atoms with Crippen LogP contribution in [0.1, 0.15) is 32.9 Å². The van der Waals surface area contributed by atoms with E-state index in [1.807, 2.05) is 19.1 Å². The highest BCUT2D eigenvalue weighted by Crippen LogP contribution is 2.14. The van der Waals surface area contributed by atoms with Gasteiger partial charge < -0.3 is 9.88 Å². The van der Waals surface area contributed by atoms with Gasteiger partial charge in [0.2, 0.25) is 0 Å². The third-order valence-corrected chi connectivity index (χ3v) is 4.32. The molecule has 2 aromatic heterocycles. The van der Waals surface area contributed by atoms with Gasteiger partial charge in [-0.2, -0.15) is 0 Å². The normalized spacial score (nSPS) is 10.6. The molecule has 5 heteroatoms. The Labute approximate surface area is 152 Å². The molecule has 0 aliphatic rings. The highest BCUT2D eigenvalue weighted by molar-refractivity contribution is 6.46. The van der Waals surface area contributed by atoms with Crippen LogP contribution in [0.25, 0.3) is 0 Å². The lowest BCUT2D eigenvalue weighted by Crippen LogP contribution is -2.25. The van der Waals surface area contributed by atoms with Gasteiger partial charge in [0.1, 0.15) is 5.82 Å². The van der Waals surface area contributed by atoms with Crippen molar-refractivity contribution in [2.75, 3.05) is 5.32 Å². The lowest BCUT2D eigenvalue weighted by molar-refractivity contribution is -0.112. The molecule has 0 saturated carbocycles. The summed E-state index contributed by atoms with van der Waals surface area (Å²) in [7, 11) is 0. The molecule has 0 unspecified atom stereocenters. The van der Waals surface area contributed by atoms with Crippen molar-refractivity contribution in [3.8, 4) is 0 Å². The van der Waals surface area contributed by atoms with E-state index in [-0.39, 0.29) is 0 Å². The zero-order valence-corrected chi connectivity index (χ0v) is 15.1. The Kier molecular flexibility index (Phi) is 4.98. The van der Waals surface area contributed by atoms with Gasteiger partial charge in [-0.3, -0.25) is 9.59 Å². The average molecular weight is 347 g/mol. The molecule has 1 aromatic carbocycles. The van der Waals surface area contributed by atoms with E-state index in [0.29, 0.717) is 18.1 Å². The second-order valence-electron chi connectivity index (χ2n) is 6.39. The van der Waals surface area contributed by atoms with E-state index in [9.17, 15) is 9.59 Å². The van der Waals surface area contributed by atoms with Crippen molar-refractivity contribution in [1.29, 1.82) is 0 Å². The van der Waals surface area contributed by atoms with E-state index in [1.54, 1.807) is 35.0 Å². The van der Waals surface area contributed by atoms with Gasteiger partial charge in [0, 0.05) is 18.4 Å². The molecule has 0 radical (unpaired) electrons. The first-order chi connectivity index (χ1) is 12.4. The van der Waals surface area contributed by atoms with E-state index in [2.05, 4.69) is 36.3 Å². The average Bonchev–Trinajstić information content (AvgIpc) is 3.05. The molecule has 2 heterocycles. The zero-order chi connectivity index (χ0) is 18.7. The first-order valence-electron chi connectivity index (χ1n) is 8.44. The Hall–Kier alpha value is -3.21. The predicted octanol–water partition coefficient (Wildman–Crippen LogP) is 3.68. The molecule has 0 saturated heterocycles. The SMILES string of the molecule is Cc1cccc(NC(=O)C(=O)c2cccn2Cc2ccc(C)c(C)c2)n1. The molecule has 0 atom stereocenters. The van der Waals surface area contributed by atoms with Crippen LogP contribution in [0, 0.1) is 20.8 Å². The first-order valence-corrected chi connectivity index (χ1v) is 8.44. The first kappa shape index (κ1) is 17.6. The summed E-state index contributed by atoms with van der Waals surface area (Å²) < 4.78 is 1.79. The van der Waals surface area contributed by atoms with E-state index in [1.165, 1.54) is 11.1 Å². The van der Waals surface area contributed by atoms with Gasteiger partial charge in [0.15, 0.2) is 0 Å². The number of benzene rings is 1. The fourth-order valence-electron chi connectivity index (χ4n) is 2.76. The number of nitrogens with one attached hydrogen (secondary N) is 1. The summed E-state index contributed by atoms with van der Waals surface area (Å²) in [6.07, 6.45) is 1.81. The molecule has 5 nitrogen and oxygen atoms in total. The minimum Gasteiger partial charge on any atom is -0.340 e. The van der Waals surface area contributed by atoms with Crippen LogP contribution in [0.4, 0.5) is 5.82 Å². The highest BCUT2D eigenvalue weighted by atomic mass is 16.2. The molecule has 0 bridgehead atoms. The number of hydrogen-bond donors (Lipinski definition) is 1. The maximum Gasteiger partial charge on any atom is 0.299 e. The molecule has 0 aliphatic heterocycles. The van der Waals surface area contributed by atoms with Crippen LogP contribution < -0.4 is 5.32 Å². The number of carbonyl (C=O) groups is 2. The monoisotopic (exact) mass is 347 g/mol. The lowest BCUT2D eigenvalue weighted by atomic mass is 10.1. The minimum absolute atomic E-state index is 0.355. The predicted molar refractivity (Wildman–Crippen MR) is 101 cm³/mol. The minimum atomic E-state index is -0.692. The second kappa shape index (κ2) is 7.35. The molecule has 132 valence electrons. The molecular weight excluding hydrogens is 326 g/mol.